The van der Waals surface area contributed by atoms with Crippen molar-refractivity contribution in [3.8, 4) is 0 Å². The van der Waals surface area contributed by atoms with E-state index in [-0.39, 0.29) is 5.91 Å². The predicted octanol–water partition coefficient (Wildman–Crippen LogP) is 3.58. The van der Waals surface area contributed by atoms with Crippen LogP contribution in [0.15, 0.2) is 54.6 Å². The first-order valence-corrected chi connectivity index (χ1v) is 10.5. The van der Waals surface area contributed by atoms with Gasteiger partial charge in [0.25, 0.3) is 0 Å². The zero-order valence-electron chi connectivity index (χ0n) is 16.7. The average molecular weight is 392 g/mol. The lowest BCUT2D eigenvalue weighted by atomic mass is 9.85. The maximum atomic E-state index is 13.5. The second kappa shape index (κ2) is 8.37. The molecule has 0 bridgehead atoms. The van der Waals surface area contributed by atoms with Gasteiger partial charge in [-0.3, -0.25) is 9.69 Å². The number of amides is 1. The number of carbonyl (C=O) groups excluding carboxylic acids is 1. The summed E-state index contributed by atoms with van der Waals surface area (Å²) in [4.78, 5) is 29.2. The number of rotatable bonds is 6. The molecule has 1 atom stereocenters. The molecule has 0 aliphatic carbocycles. The van der Waals surface area contributed by atoms with Gasteiger partial charge in [-0.25, -0.2) is 4.79 Å². The largest absolute Gasteiger partial charge is 0.478 e. The van der Waals surface area contributed by atoms with Crippen LogP contribution in [-0.4, -0.2) is 52.0 Å². The Bertz CT molecular complexity index is 883. The van der Waals surface area contributed by atoms with Crippen LogP contribution in [0.25, 0.3) is 0 Å². The number of aromatic carboxylic acids is 1. The van der Waals surface area contributed by atoms with Gasteiger partial charge < -0.3 is 10.0 Å². The van der Waals surface area contributed by atoms with E-state index in [0.717, 1.165) is 57.3 Å². The maximum Gasteiger partial charge on any atom is 0.335 e. The number of likely N-dealkylation sites (tertiary alicyclic amines) is 2. The molecule has 1 spiro atoms. The Hall–Kier alpha value is -2.66. The molecular weight excluding hydrogens is 364 g/mol. The summed E-state index contributed by atoms with van der Waals surface area (Å²) in [5, 5.41) is 9.27. The molecule has 0 saturated carbocycles. The molecule has 1 unspecified atom stereocenters. The van der Waals surface area contributed by atoms with E-state index in [9.17, 15) is 14.7 Å². The number of carboxylic acids is 1. The monoisotopic (exact) mass is 392 g/mol. The highest BCUT2D eigenvalue weighted by Crippen LogP contribution is 2.39. The van der Waals surface area contributed by atoms with E-state index >= 15 is 0 Å². The first-order chi connectivity index (χ1) is 14.1. The molecule has 152 valence electrons. The fourth-order valence-corrected chi connectivity index (χ4v) is 4.90. The molecule has 5 nitrogen and oxygen atoms in total. The first kappa shape index (κ1) is 19.6. The van der Waals surface area contributed by atoms with Crippen molar-refractivity contribution >= 4 is 11.9 Å². The van der Waals surface area contributed by atoms with Crippen molar-refractivity contribution in [1.29, 1.82) is 0 Å². The number of piperidine rings is 1. The van der Waals surface area contributed by atoms with Gasteiger partial charge in [0.05, 0.1) is 5.56 Å². The third-order valence-corrected chi connectivity index (χ3v) is 6.39. The first-order valence-electron chi connectivity index (χ1n) is 10.5. The van der Waals surface area contributed by atoms with E-state index in [4.69, 9.17) is 0 Å². The van der Waals surface area contributed by atoms with E-state index in [0.29, 0.717) is 12.1 Å². The van der Waals surface area contributed by atoms with Crippen LogP contribution in [0.2, 0.25) is 0 Å². The van der Waals surface area contributed by atoms with Crippen molar-refractivity contribution in [2.24, 2.45) is 0 Å². The van der Waals surface area contributed by atoms with Gasteiger partial charge in [0.2, 0.25) is 5.91 Å². The molecule has 2 fully saturated rings. The number of hydrogen-bond donors (Lipinski definition) is 1. The second-order valence-corrected chi connectivity index (χ2v) is 8.19. The number of hydrogen-bond acceptors (Lipinski definition) is 3. The Morgan fingerprint density at radius 1 is 0.966 bits per heavy atom. The minimum absolute atomic E-state index is 0.256. The molecule has 1 N–H and O–H groups in total. The van der Waals surface area contributed by atoms with Gasteiger partial charge in [-0.1, -0.05) is 42.5 Å². The molecule has 2 aliphatic rings. The highest BCUT2D eigenvalue weighted by Gasteiger charge is 2.50. The van der Waals surface area contributed by atoms with Crippen LogP contribution in [0, 0.1) is 0 Å². The molecule has 4 rings (SSSR count). The highest BCUT2D eigenvalue weighted by atomic mass is 16.4. The summed E-state index contributed by atoms with van der Waals surface area (Å²) in [5.74, 6) is -0.657. The molecule has 29 heavy (non-hydrogen) atoms. The zero-order valence-corrected chi connectivity index (χ0v) is 16.7. The van der Waals surface area contributed by atoms with Gasteiger partial charge in [-0.15, -0.1) is 0 Å². The molecular formula is C24H28N2O3. The molecule has 2 aromatic rings. The minimum Gasteiger partial charge on any atom is -0.478 e. The summed E-state index contributed by atoms with van der Waals surface area (Å²) < 4.78 is 0. The van der Waals surface area contributed by atoms with Gasteiger partial charge in [-0.2, -0.15) is 0 Å². The smallest absolute Gasteiger partial charge is 0.335 e. The van der Waals surface area contributed by atoms with E-state index in [2.05, 4.69) is 17.0 Å². The number of benzene rings is 2. The van der Waals surface area contributed by atoms with Gasteiger partial charge in [0.1, 0.15) is 5.54 Å². The minimum atomic E-state index is -0.913. The van der Waals surface area contributed by atoms with E-state index in [1.807, 2.05) is 29.2 Å². The third-order valence-electron chi connectivity index (χ3n) is 6.39. The summed E-state index contributed by atoms with van der Waals surface area (Å²) in [5.41, 5.74) is 2.10. The number of carboxylic acid groups (broad SMARTS) is 1. The van der Waals surface area contributed by atoms with Crippen molar-refractivity contribution in [3.63, 3.8) is 0 Å². The Morgan fingerprint density at radius 3 is 2.45 bits per heavy atom. The Labute approximate surface area is 171 Å². The molecule has 2 aromatic carbocycles. The lowest BCUT2D eigenvalue weighted by Gasteiger charge is -2.45. The standard InChI is InChI=1S/C24H28N2O3/c27-22(28)21-10-4-9-20(17-21)18-26-15-6-13-24(26)12-5-14-25(23(24)29)16-11-19-7-2-1-3-8-19/h1-4,7-10,17H,5-6,11-16,18H2,(H,27,28). The predicted molar refractivity (Wildman–Crippen MR) is 112 cm³/mol. The molecule has 2 saturated heterocycles. The van der Waals surface area contributed by atoms with Crippen LogP contribution in [0.3, 0.4) is 0 Å². The lowest BCUT2D eigenvalue weighted by molar-refractivity contribution is -0.147. The van der Waals surface area contributed by atoms with Gasteiger partial charge >= 0.3 is 5.97 Å². The Morgan fingerprint density at radius 2 is 1.69 bits per heavy atom. The molecule has 5 heteroatoms. The zero-order chi connectivity index (χ0) is 20.3. The van der Waals surface area contributed by atoms with Crippen LogP contribution in [0.4, 0.5) is 0 Å². The average Bonchev–Trinajstić information content (AvgIpc) is 3.13. The molecule has 0 aromatic heterocycles. The number of carbonyl (C=O) groups is 2. The van der Waals surface area contributed by atoms with E-state index in [1.165, 1.54) is 5.56 Å². The van der Waals surface area contributed by atoms with Gasteiger partial charge in [0.15, 0.2) is 0 Å². The molecule has 0 radical (unpaired) electrons. The Kier molecular flexibility index (Phi) is 5.67. The Balaban J connectivity index is 1.48. The third kappa shape index (κ3) is 4.06. The summed E-state index contributed by atoms with van der Waals surface area (Å²) in [6.07, 6.45) is 4.70. The molecule has 2 aliphatic heterocycles. The summed E-state index contributed by atoms with van der Waals surface area (Å²) in [6.45, 7) is 3.09. The maximum absolute atomic E-state index is 13.5. The van der Waals surface area contributed by atoms with Crippen LogP contribution in [0.5, 0.6) is 0 Å². The normalized spacial score (nSPS) is 22.3. The lowest BCUT2D eigenvalue weighted by Crippen LogP contribution is -2.59. The fraction of sp³-hybridized carbons (Fsp3) is 0.417. The van der Waals surface area contributed by atoms with Crippen LogP contribution >= 0.6 is 0 Å². The van der Waals surface area contributed by atoms with Crippen LogP contribution in [-0.2, 0) is 17.8 Å². The topological polar surface area (TPSA) is 60.9 Å². The van der Waals surface area contributed by atoms with Crippen molar-refractivity contribution in [2.45, 2.75) is 44.2 Å². The van der Waals surface area contributed by atoms with Crippen LogP contribution < -0.4 is 0 Å². The molecule has 2 heterocycles. The second-order valence-electron chi connectivity index (χ2n) is 8.19. The summed E-state index contributed by atoms with van der Waals surface area (Å²) in [6, 6.07) is 17.4. The van der Waals surface area contributed by atoms with Gasteiger partial charge in [0, 0.05) is 19.6 Å². The van der Waals surface area contributed by atoms with Crippen molar-refractivity contribution < 1.29 is 14.7 Å². The van der Waals surface area contributed by atoms with Gasteiger partial charge in [-0.05, 0) is 61.9 Å². The van der Waals surface area contributed by atoms with Crippen molar-refractivity contribution in [3.05, 3.63) is 71.3 Å². The summed E-state index contributed by atoms with van der Waals surface area (Å²) >= 11 is 0. The molecule has 1 amide bonds. The SMILES string of the molecule is O=C(O)c1cccc(CN2CCCC23CCCN(CCc2ccccc2)C3=O)c1. The quantitative estimate of drug-likeness (QED) is 0.816. The van der Waals surface area contributed by atoms with Crippen LogP contribution in [0.1, 0.15) is 47.2 Å². The number of nitrogens with zero attached hydrogens (tertiary/aromatic N) is 2. The van der Waals surface area contributed by atoms with E-state index in [1.54, 1.807) is 18.2 Å². The van der Waals surface area contributed by atoms with E-state index < -0.39 is 11.5 Å². The van der Waals surface area contributed by atoms with Crippen molar-refractivity contribution in [1.82, 2.24) is 9.80 Å². The summed E-state index contributed by atoms with van der Waals surface area (Å²) in [7, 11) is 0. The fourth-order valence-electron chi connectivity index (χ4n) is 4.90. The highest BCUT2D eigenvalue weighted by molar-refractivity contribution is 5.88. The van der Waals surface area contributed by atoms with Crippen molar-refractivity contribution in [2.75, 3.05) is 19.6 Å².